The van der Waals surface area contributed by atoms with Crippen LogP contribution in [-0.4, -0.2) is 60.3 Å². The summed E-state index contributed by atoms with van der Waals surface area (Å²) in [6, 6.07) is 4.94. The van der Waals surface area contributed by atoms with Gasteiger partial charge in [-0.15, -0.1) is 23.2 Å². The molecule has 0 fully saturated rings. The number of carbonyl (C=O) groups excluding carboxylic acids is 1. The molecule has 0 aliphatic carbocycles. The second kappa shape index (κ2) is 12.0. The summed E-state index contributed by atoms with van der Waals surface area (Å²) in [5.74, 6) is 0.536. The largest absolute Gasteiger partial charge is 0.491 e. The Bertz CT molecular complexity index is 673. The van der Waals surface area contributed by atoms with E-state index in [9.17, 15) is 9.59 Å². The number of hydrogen-bond donors (Lipinski definition) is 2. The zero-order valence-corrected chi connectivity index (χ0v) is 18.8. The Labute approximate surface area is 182 Å². The zero-order valence-electron chi connectivity index (χ0n) is 17.3. The van der Waals surface area contributed by atoms with Gasteiger partial charge in [0.2, 0.25) is 0 Å². The Balaban J connectivity index is 2.80. The number of alkyl carbamates (subject to hydrolysis) is 1. The van der Waals surface area contributed by atoms with Crippen LogP contribution in [0.5, 0.6) is 5.75 Å². The molecule has 1 aromatic rings. The molecule has 9 heteroatoms. The van der Waals surface area contributed by atoms with Crippen LogP contribution in [0.1, 0.15) is 32.8 Å². The average Bonchev–Trinajstić information content (AvgIpc) is 2.58. The number of carboxylic acids is 1. The van der Waals surface area contributed by atoms with E-state index in [-0.39, 0.29) is 13.0 Å². The third-order valence-corrected chi connectivity index (χ3v) is 4.15. The van der Waals surface area contributed by atoms with E-state index < -0.39 is 23.7 Å². The lowest BCUT2D eigenvalue weighted by Crippen LogP contribution is -2.43. The summed E-state index contributed by atoms with van der Waals surface area (Å²) in [5, 5.41) is 11.7. The van der Waals surface area contributed by atoms with Crippen LogP contribution in [0.15, 0.2) is 18.2 Å². The van der Waals surface area contributed by atoms with Gasteiger partial charge in [0.25, 0.3) is 0 Å². The van der Waals surface area contributed by atoms with Crippen LogP contribution in [0.4, 0.5) is 10.5 Å². The van der Waals surface area contributed by atoms with E-state index >= 15 is 0 Å². The third kappa shape index (κ3) is 9.94. The third-order valence-electron chi connectivity index (χ3n) is 3.81. The SMILES string of the molecule is Cc1cc(N(CCCl)CCCl)ccc1OC[C@@H](CC(=O)O)NC(=O)OC(C)(C)C. The standard InChI is InChI=1S/C20H30Cl2N2O5/c1-14-11-16(24(9-7-21)10-8-22)5-6-17(14)28-13-15(12-18(25)26)23-19(27)29-20(2,3)4/h5-6,11,15H,7-10,12-13H2,1-4H3,(H,23,27)(H,25,26)/t15-/m1/s1. The number of carbonyl (C=O) groups is 2. The van der Waals surface area contributed by atoms with Crippen molar-refractivity contribution in [2.45, 2.75) is 45.8 Å². The molecule has 29 heavy (non-hydrogen) atoms. The van der Waals surface area contributed by atoms with Gasteiger partial charge in [-0.2, -0.15) is 0 Å². The highest BCUT2D eigenvalue weighted by molar-refractivity contribution is 6.18. The van der Waals surface area contributed by atoms with Crippen molar-refractivity contribution in [3.8, 4) is 5.75 Å². The lowest BCUT2D eigenvalue weighted by molar-refractivity contribution is -0.137. The van der Waals surface area contributed by atoms with E-state index in [4.69, 9.17) is 37.8 Å². The van der Waals surface area contributed by atoms with E-state index in [0.717, 1.165) is 11.3 Å². The summed E-state index contributed by atoms with van der Waals surface area (Å²) < 4.78 is 11.0. The van der Waals surface area contributed by atoms with Crippen molar-refractivity contribution < 1.29 is 24.2 Å². The molecule has 1 aromatic carbocycles. The maximum atomic E-state index is 12.0. The van der Waals surface area contributed by atoms with Gasteiger partial charge in [0.05, 0.1) is 12.5 Å². The second-order valence-corrected chi connectivity index (χ2v) is 8.32. The molecule has 1 rings (SSSR count). The van der Waals surface area contributed by atoms with Crippen LogP contribution < -0.4 is 15.0 Å². The van der Waals surface area contributed by atoms with Gasteiger partial charge in [-0.05, 0) is 51.5 Å². The van der Waals surface area contributed by atoms with Crippen molar-refractivity contribution >= 4 is 41.0 Å². The van der Waals surface area contributed by atoms with Gasteiger partial charge in [0.15, 0.2) is 0 Å². The minimum Gasteiger partial charge on any atom is -0.491 e. The van der Waals surface area contributed by atoms with Crippen molar-refractivity contribution in [3.05, 3.63) is 23.8 Å². The summed E-state index contributed by atoms with van der Waals surface area (Å²) in [6.45, 7) is 8.45. The predicted octanol–water partition coefficient (Wildman–Crippen LogP) is 4.03. The molecule has 2 N–H and O–H groups in total. The number of aryl methyl sites for hydroxylation is 1. The number of ether oxygens (including phenoxy) is 2. The Kier molecular flexibility index (Phi) is 10.4. The van der Waals surface area contributed by atoms with Gasteiger partial charge in [-0.1, -0.05) is 0 Å². The quantitative estimate of drug-likeness (QED) is 0.496. The van der Waals surface area contributed by atoms with Crippen molar-refractivity contribution in [3.63, 3.8) is 0 Å². The summed E-state index contributed by atoms with van der Waals surface area (Å²) >= 11 is 11.7. The van der Waals surface area contributed by atoms with Gasteiger partial charge in [-0.3, -0.25) is 4.79 Å². The highest BCUT2D eigenvalue weighted by atomic mass is 35.5. The summed E-state index contributed by atoms with van der Waals surface area (Å²) in [4.78, 5) is 25.2. The highest BCUT2D eigenvalue weighted by Gasteiger charge is 2.22. The van der Waals surface area contributed by atoms with Gasteiger partial charge in [0, 0.05) is 30.5 Å². The summed E-state index contributed by atoms with van der Waals surface area (Å²) in [5.41, 5.74) is 1.18. The molecule has 0 aromatic heterocycles. The molecular formula is C20H30Cl2N2O5. The number of nitrogens with one attached hydrogen (secondary N) is 1. The van der Waals surface area contributed by atoms with Crippen LogP contribution in [0.25, 0.3) is 0 Å². The van der Waals surface area contributed by atoms with Crippen LogP contribution in [0.2, 0.25) is 0 Å². The first kappa shape index (κ1) is 25.2. The number of amides is 1. The second-order valence-electron chi connectivity index (χ2n) is 7.57. The predicted molar refractivity (Wildman–Crippen MR) is 116 cm³/mol. The maximum absolute atomic E-state index is 12.0. The number of hydrogen-bond acceptors (Lipinski definition) is 5. The van der Waals surface area contributed by atoms with Gasteiger partial charge >= 0.3 is 12.1 Å². The normalized spacial score (nSPS) is 12.2. The Morgan fingerprint density at radius 2 is 1.83 bits per heavy atom. The smallest absolute Gasteiger partial charge is 0.408 e. The molecule has 0 spiro atoms. The minimum absolute atomic E-state index is 0.00119. The zero-order chi connectivity index (χ0) is 22.0. The number of anilines is 1. The van der Waals surface area contributed by atoms with E-state index in [1.165, 1.54) is 0 Å². The fourth-order valence-electron chi connectivity index (χ4n) is 2.59. The van der Waals surface area contributed by atoms with Crippen LogP contribution in [0, 0.1) is 6.92 Å². The molecule has 1 amide bonds. The monoisotopic (exact) mass is 448 g/mol. The average molecular weight is 449 g/mol. The molecule has 0 bridgehead atoms. The van der Waals surface area contributed by atoms with E-state index in [1.807, 2.05) is 25.1 Å². The molecule has 0 saturated carbocycles. The van der Waals surface area contributed by atoms with Crippen molar-refractivity contribution in [2.75, 3.05) is 36.4 Å². The van der Waals surface area contributed by atoms with Crippen molar-refractivity contribution in [1.29, 1.82) is 0 Å². The van der Waals surface area contributed by atoms with Crippen molar-refractivity contribution in [1.82, 2.24) is 5.32 Å². The number of alkyl halides is 2. The van der Waals surface area contributed by atoms with Crippen LogP contribution in [0.3, 0.4) is 0 Å². The molecule has 0 radical (unpaired) electrons. The Hall–Kier alpha value is -1.86. The molecule has 0 heterocycles. The molecule has 0 unspecified atom stereocenters. The molecule has 0 aliphatic heterocycles. The number of halogens is 2. The fraction of sp³-hybridized carbons (Fsp3) is 0.600. The van der Waals surface area contributed by atoms with Crippen molar-refractivity contribution in [2.24, 2.45) is 0 Å². The summed E-state index contributed by atoms with van der Waals surface area (Å²) in [6.07, 6.45) is -0.965. The lowest BCUT2D eigenvalue weighted by atomic mass is 10.1. The molecule has 164 valence electrons. The molecule has 1 atom stereocenters. The van der Waals surface area contributed by atoms with Crippen LogP contribution >= 0.6 is 23.2 Å². The number of aliphatic carboxylic acids is 1. The van der Waals surface area contributed by atoms with Gasteiger partial charge in [-0.25, -0.2) is 4.79 Å². The first-order valence-corrected chi connectivity index (χ1v) is 10.4. The van der Waals surface area contributed by atoms with Crippen LogP contribution in [-0.2, 0) is 9.53 Å². The Morgan fingerprint density at radius 1 is 1.21 bits per heavy atom. The Morgan fingerprint density at radius 3 is 2.31 bits per heavy atom. The molecule has 0 aliphatic rings. The van der Waals surface area contributed by atoms with E-state index in [0.29, 0.717) is 30.6 Å². The lowest BCUT2D eigenvalue weighted by Gasteiger charge is -2.25. The first-order valence-electron chi connectivity index (χ1n) is 9.37. The fourth-order valence-corrected chi connectivity index (χ4v) is 3.00. The number of carboxylic acid groups (broad SMARTS) is 1. The maximum Gasteiger partial charge on any atom is 0.408 e. The molecule has 7 nitrogen and oxygen atoms in total. The first-order chi connectivity index (χ1) is 13.6. The number of nitrogens with zero attached hydrogens (tertiary/aromatic N) is 1. The summed E-state index contributed by atoms with van der Waals surface area (Å²) in [7, 11) is 0. The molecule has 0 saturated heterocycles. The topological polar surface area (TPSA) is 88.1 Å². The minimum atomic E-state index is -1.04. The van der Waals surface area contributed by atoms with Gasteiger partial charge in [0.1, 0.15) is 18.0 Å². The van der Waals surface area contributed by atoms with E-state index in [2.05, 4.69) is 10.2 Å². The van der Waals surface area contributed by atoms with Gasteiger partial charge < -0.3 is 24.8 Å². The highest BCUT2D eigenvalue weighted by Crippen LogP contribution is 2.25. The number of rotatable bonds is 11. The number of benzene rings is 1. The van der Waals surface area contributed by atoms with E-state index in [1.54, 1.807) is 20.8 Å². The molecular weight excluding hydrogens is 419 g/mol.